The van der Waals surface area contributed by atoms with Gasteiger partial charge in [0.1, 0.15) is 6.61 Å². The van der Waals surface area contributed by atoms with Crippen molar-refractivity contribution in [2.45, 2.75) is 13.5 Å². The molecule has 0 aliphatic heterocycles. The summed E-state index contributed by atoms with van der Waals surface area (Å²) in [6.07, 6.45) is 3.17. The van der Waals surface area contributed by atoms with E-state index in [2.05, 4.69) is 0 Å². The quantitative estimate of drug-likeness (QED) is 0.600. The highest BCUT2D eigenvalue weighted by Gasteiger charge is 2.09. The van der Waals surface area contributed by atoms with E-state index >= 15 is 0 Å². The van der Waals surface area contributed by atoms with Crippen molar-refractivity contribution in [2.75, 3.05) is 14.2 Å². The number of thiophene rings is 1. The van der Waals surface area contributed by atoms with Gasteiger partial charge in [0.2, 0.25) is 0 Å². The van der Waals surface area contributed by atoms with Gasteiger partial charge in [0.25, 0.3) is 0 Å². The number of hydrogen-bond acceptors (Lipinski definition) is 5. The largest absolute Gasteiger partial charge is 0.493 e. The van der Waals surface area contributed by atoms with Crippen LogP contribution in [0.2, 0.25) is 0 Å². The van der Waals surface area contributed by atoms with Crippen molar-refractivity contribution in [3.05, 3.63) is 51.7 Å². The van der Waals surface area contributed by atoms with Gasteiger partial charge in [-0.25, -0.2) is 4.79 Å². The molecule has 1 aromatic heterocycles. The van der Waals surface area contributed by atoms with Crippen LogP contribution >= 0.6 is 11.3 Å². The van der Waals surface area contributed by atoms with Crippen LogP contribution in [0.4, 0.5) is 0 Å². The van der Waals surface area contributed by atoms with Crippen molar-refractivity contribution >= 4 is 23.4 Å². The molecule has 0 aliphatic carbocycles. The molecule has 4 nitrogen and oxygen atoms in total. The lowest BCUT2D eigenvalue weighted by molar-refractivity contribution is -0.138. The number of rotatable bonds is 6. The average Bonchev–Trinajstić information content (AvgIpc) is 3.04. The van der Waals surface area contributed by atoms with E-state index in [1.54, 1.807) is 31.6 Å². The molecule has 0 radical (unpaired) electrons. The predicted molar refractivity (Wildman–Crippen MR) is 87.4 cm³/mol. The Hall–Kier alpha value is -2.27. The van der Waals surface area contributed by atoms with E-state index in [0.29, 0.717) is 11.5 Å². The van der Waals surface area contributed by atoms with E-state index in [0.717, 1.165) is 16.7 Å². The lowest BCUT2D eigenvalue weighted by atomic mass is 10.1. The number of carbonyl (C=O) groups is 1. The van der Waals surface area contributed by atoms with Crippen LogP contribution in [-0.4, -0.2) is 20.2 Å². The van der Waals surface area contributed by atoms with Crippen molar-refractivity contribution < 1.29 is 19.0 Å². The third kappa shape index (κ3) is 4.11. The fourth-order valence-electron chi connectivity index (χ4n) is 1.91. The summed E-state index contributed by atoms with van der Waals surface area (Å²) in [5.74, 6) is 0.903. The summed E-state index contributed by atoms with van der Waals surface area (Å²) in [7, 11) is 3.17. The lowest BCUT2D eigenvalue weighted by Gasteiger charge is -2.12. The predicted octanol–water partition coefficient (Wildman–Crippen LogP) is 3.83. The van der Waals surface area contributed by atoms with Gasteiger partial charge in [0.05, 0.1) is 14.2 Å². The van der Waals surface area contributed by atoms with Gasteiger partial charge in [-0.2, -0.15) is 11.3 Å². The Labute approximate surface area is 133 Å². The molecule has 2 aromatic rings. The van der Waals surface area contributed by atoms with E-state index in [4.69, 9.17) is 14.2 Å². The second-order valence-electron chi connectivity index (χ2n) is 4.63. The van der Waals surface area contributed by atoms with Crippen molar-refractivity contribution in [2.24, 2.45) is 0 Å². The van der Waals surface area contributed by atoms with Gasteiger partial charge in [-0.05, 0) is 58.6 Å². The molecule has 0 amide bonds. The Morgan fingerprint density at radius 1 is 1.23 bits per heavy atom. The lowest BCUT2D eigenvalue weighted by Crippen LogP contribution is -2.03. The Morgan fingerprint density at radius 3 is 2.59 bits per heavy atom. The van der Waals surface area contributed by atoms with Crippen molar-refractivity contribution in [3.63, 3.8) is 0 Å². The molecule has 0 atom stereocenters. The molecule has 5 heteroatoms. The Morgan fingerprint density at radius 2 is 1.95 bits per heavy atom. The molecular weight excluding hydrogens is 300 g/mol. The highest BCUT2D eigenvalue weighted by Crippen LogP contribution is 2.30. The molecule has 0 unspecified atom stereocenters. The first-order valence-electron chi connectivity index (χ1n) is 6.72. The monoisotopic (exact) mass is 318 g/mol. The number of ether oxygens (including phenoxy) is 3. The first-order valence-corrected chi connectivity index (χ1v) is 7.67. The zero-order valence-electron chi connectivity index (χ0n) is 12.8. The molecule has 0 N–H and O–H groups in total. The van der Waals surface area contributed by atoms with Gasteiger partial charge in [-0.3, -0.25) is 0 Å². The van der Waals surface area contributed by atoms with E-state index in [-0.39, 0.29) is 12.6 Å². The van der Waals surface area contributed by atoms with Gasteiger partial charge >= 0.3 is 5.97 Å². The number of methoxy groups -OCH3 is 2. The van der Waals surface area contributed by atoms with Crippen LogP contribution in [-0.2, 0) is 16.1 Å². The normalized spacial score (nSPS) is 10.7. The smallest absolute Gasteiger partial charge is 0.331 e. The van der Waals surface area contributed by atoms with Crippen LogP contribution in [0.3, 0.4) is 0 Å². The first-order chi connectivity index (χ1) is 10.6. The molecule has 0 saturated heterocycles. The number of benzene rings is 1. The summed E-state index contributed by atoms with van der Waals surface area (Å²) in [6, 6.07) is 5.63. The molecule has 116 valence electrons. The van der Waals surface area contributed by atoms with Crippen LogP contribution in [0.5, 0.6) is 11.5 Å². The summed E-state index contributed by atoms with van der Waals surface area (Å²) in [6.45, 7) is 2.13. The summed E-state index contributed by atoms with van der Waals surface area (Å²) < 4.78 is 15.8. The SMILES string of the molecule is COc1cc(C)c(COC(=O)/C=C/c2ccsc2)cc1OC. The maximum Gasteiger partial charge on any atom is 0.331 e. The fraction of sp³-hybridized carbons (Fsp3) is 0.235. The minimum atomic E-state index is -0.375. The van der Waals surface area contributed by atoms with Gasteiger partial charge in [0, 0.05) is 6.08 Å². The second kappa shape index (κ2) is 7.66. The molecular formula is C17H18O4S. The first kappa shape index (κ1) is 16.1. The van der Waals surface area contributed by atoms with Crippen molar-refractivity contribution in [1.29, 1.82) is 0 Å². The fourth-order valence-corrected chi connectivity index (χ4v) is 2.54. The van der Waals surface area contributed by atoms with Crippen LogP contribution < -0.4 is 9.47 Å². The molecule has 2 rings (SSSR count). The van der Waals surface area contributed by atoms with Gasteiger partial charge in [-0.1, -0.05) is 0 Å². The molecule has 0 bridgehead atoms. The molecule has 0 aliphatic rings. The van der Waals surface area contributed by atoms with E-state index in [1.165, 1.54) is 6.08 Å². The van der Waals surface area contributed by atoms with Gasteiger partial charge < -0.3 is 14.2 Å². The summed E-state index contributed by atoms with van der Waals surface area (Å²) in [4.78, 5) is 11.7. The summed E-state index contributed by atoms with van der Waals surface area (Å²) in [5.41, 5.74) is 2.85. The van der Waals surface area contributed by atoms with Crippen molar-refractivity contribution in [1.82, 2.24) is 0 Å². The minimum Gasteiger partial charge on any atom is -0.493 e. The molecule has 1 aromatic carbocycles. The van der Waals surface area contributed by atoms with Crippen molar-refractivity contribution in [3.8, 4) is 11.5 Å². The Kier molecular flexibility index (Phi) is 5.61. The molecule has 0 spiro atoms. The molecule has 1 heterocycles. The molecule has 0 saturated carbocycles. The minimum absolute atomic E-state index is 0.193. The number of aryl methyl sites for hydroxylation is 1. The van der Waals surface area contributed by atoms with E-state index < -0.39 is 0 Å². The average molecular weight is 318 g/mol. The van der Waals surface area contributed by atoms with Crippen LogP contribution in [0.15, 0.2) is 35.0 Å². The van der Waals surface area contributed by atoms with Gasteiger partial charge in [-0.15, -0.1) is 0 Å². The van der Waals surface area contributed by atoms with E-state index in [1.807, 2.05) is 35.9 Å². The summed E-state index contributed by atoms with van der Waals surface area (Å²) >= 11 is 1.58. The Balaban J connectivity index is 2.00. The highest BCUT2D eigenvalue weighted by molar-refractivity contribution is 7.08. The topological polar surface area (TPSA) is 44.8 Å². The zero-order valence-corrected chi connectivity index (χ0v) is 13.6. The number of carbonyl (C=O) groups excluding carboxylic acids is 1. The Bertz CT molecular complexity index is 660. The summed E-state index contributed by atoms with van der Waals surface area (Å²) in [5, 5.41) is 3.92. The third-order valence-corrected chi connectivity index (χ3v) is 3.87. The van der Waals surface area contributed by atoms with E-state index in [9.17, 15) is 4.79 Å². The standard InChI is InChI=1S/C17H18O4S/c1-12-8-15(19-2)16(20-3)9-14(12)10-21-17(18)5-4-13-6-7-22-11-13/h4-9,11H,10H2,1-3H3/b5-4+. The molecule has 0 fully saturated rings. The zero-order chi connectivity index (χ0) is 15.9. The van der Waals surface area contributed by atoms with Crippen LogP contribution in [0.25, 0.3) is 6.08 Å². The maximum atomic E-state index is 11.7. The highest BCUT2D eigenvalue weighted by atomic mass is 32.1. The number of esters is 1. The third-order valence-electron chi connectivity index (χ3n) is 3.17. The molecule has 22 heavy (non-hydrogen) atoms. The second-order valence-corrected chi connectivity index (χ2v) is 5.41. The number of hydrogen-bond donors (Lipinski definition) is 0. The van der Waals surface area contributed by atoms with Gasteiger partial charge in [0.15, 0.2) is 11.5 Å². The maximum absolute atomic E-state index is 11.7. The van der Waals surface area contributed by atoms with Crippen LogP contribution in [0.1, 0.15) is 16.7 Å². The van der Waals surface area contributed by atoms with Crippen LogP contribution in [0, 0.1) is 6.92 Å².